The summed E-state index contributed by atoms with van der Waals surface area (Å²) in [4.78, 5) is 29.7. The third-order valence-corrected chi connectivity index (χ3v) is 3.19. The summed E-state index contributed by atoms with van der Waals surface area (Å²) >= 11 is 0. The zero-order valence-electron chi connectivity index (χ0n) is 11.5. The van der Waals surface area contributed by atoms with Crippen molar-refractivity contribution >= 4 is 17.6 Å². The van der Waals surface area contributed by atoms with Crippen molar-refractivity contribution in [1.29, 1.82) is 0 Å². The highest BCUT2D eigenvalue weighted by molar-refractivity contribution is 6.02. The first-order valence-corrected chi connectivity index (χ1v) is 6.43. The van der Waals surface area contributed by atoms with Crippen LogP contribution in [0.5, 0.6) is 5.75 Å². The molecule has 0 aromatic carbocycles. The van der Waals surface area contributed by atoms with Crippen molar-refractivity contribution in [3.63, 3.8) is 0 Å². The molecule has 1 aliphatic heterocycles. The number of likely N-dealkylation sites (N-methyl/N-ethyl adjacent to an activating group) is 1. The van der Waals surface area contributed by atoms with Crippen molar-refractivity contribution in [2.24, 2.45) is 0 Å². The van der Waals surface area contributed by atoms with E-state index in [4.69, 9.17) is 4.74 Å². The number of rotatable bonds is 2. The number of ether oxygens (including phenoxy) is 1. The van der Waals surface area contributed by atoms with Gasteiger partial charge < -0.3 is 10.1 Å². The Morgan fingerprint density at radius 1 is 1.59 bits per heavy atom. The van der Waals surface area contributed by atoms with E-state index in [1.54, 1.807) is 12.1 Å². The van der Waals surface area contributed by atoms with Crippen molar-refractivity contribution in [2.45, 2.75) is 6.04 Å². The Kier molecular flexibility index (Phi) is 3.45. The van der Waals surface area contributed by atoms with Gasteiger partial charge in [0.25, 0.3) is 11.8 Å². The average Bonchev–Trinajstić information content (AvgIpc) is 2.92. The van der Waals surface area contributed by atoms with Gasteiger partial charge in [0.2, 0.25) is 5.95 Å². The number of hydrogen-bond acceptors (Lipinski definition) is 5. The fourth-order valence-electron chi connectivity index (χ4n) is 2.08. The molecular weight excluding hydrogens is 293 g/mol. The molecule has 0 unspecified atom stereocenters. The standard InChI is InChI=1S/C13H12FN5O3/c1-19-11-9(3-2-4-15-11)22-6-8(13(19)21)16-12(20)7-5-10(14)18-17-7/h2-5,8H,6H2,1H3,(H,16,20)(H,17,18)/t8-/m0/s1. The predicted molar refractivity (Wildman–Crippen MR) is 72.9 cm³/mol. The summed E-state index contributed by atoms with van der Waals surface area (Å²) in [6, 6.07) is 3.38. The molecule has 0 saturated carbocycles. The van der Waals surface area contributed by atoms with Crippen LogP contribution in [-0.4, -0.2) is 46.7 Å². The van der Waals surface area contributed by atoms with Crippen LogP contribution in [0, 0.1) is 5.95 Å². The molecular formula is C13H12FN5O3. The number of aromatic nitrogens is 3. The maximum absolute atomic E-state index is 12.8. The highest BCUT2D eigenvalue weighted by Gasteiger charge is 2.31. The van der Waals surface area contributed by atoms with Crippen LogP contribution in [0.15, 0.2) is 24.4 Å². The second-order valence-corrected chi connectivity index (χ2v) is 4.66. The van der Waals surface area contributed by atoms with Gasteiger partial charge in [0.15, 0.2) is 17.3 Å². The summed E-state index contributed by atoms with van der Waals surface area (Å²) < 4.78 is 18.3. The van der Waals surface area contributed by atoms with Crippen molar-refractivity contribution in [3.05, 3.63) is 36.0 Å². The number of halogens is 1. The van der Waals surface area contributed by atoms with Gasteiger partial charge in [-0.2, -0.15) is 9.49 Å². The number of nitrogens with one attached hydrogen (secondary N) is 2. The largest absolute Gasteiger partial charge is 0.487 e. The van der Waals surface area contributed by atoms with Crippen LogP contribution < -0.4 is 15.0 Å². The summed E-state index contributed by atoms with van der Waals surface area (Å²) in [5.74, 6) is -0.977. The van der Waals surface area contributed by atoms with Crippen LogP contribution in [0.4, 0.5) is 10.2 Å². The first kappa shape index (κ1) is 14.0. The number of nitrogens with zero attached hydrogens (tertiary/aromatic N) is 3. The Hall–Kier alpha value is -2.97. The van der Waals surface area contributed by atoms with Crippen molar-refractivity contribution in [2.75, 3.05) is 18.6 Å². The minimum Gasteiger partial charge on any atom is -0.487 e. The zero-order chi connectivity index (χ0) is 15.7. The fraction of sp³-hybridized carbons (Fsp3) is 0.231. The third-order valence-electron chi connectivity index (χ3n) is 3.19. The number of carbonyl (C=O) groups excluding carboxylic acids is 2. The molecule has 3 heterocycles. The molecule has 0 spiro atoms. The quantitative estimate of drug-likeness (QED) is 0.819. The predicted octanol–water partition coefficient (Wildman–Crippen LogP) is 0.0976. The molecule has 0 saturated heterocycles. The summed E-state index contributed by atoms with van der Waals surface area (Å²) in [6.45, 7) is -0.0550. The molecule has 2 amide bonds. The SMILES string of the molecule is CN1C(=O)[C@@H](NC(=O)c2cc(F)[nH]n2)COc2cccnc21. The van der Waals surface area contributed by atoms with Crippen molar-refractivity contribution in [1.82, 2.24) is 20.5 Å². The minimum atomic E-state index is -0.925. The number of amides is 2. The molecule has 1 aliphatic rings. The summed E-state index contributed by atoms with van der Waals surface area (Å²) in [5.41, 5.74) is -0.146. The second-order valence-electron chi connectivity index (χ2n) is 4.66. The number of H-pyrrole nitrogens is 1. The number of fused-ring (bicyclic) bond motifs is 1. The zero-order valence-corrected chi connectivity index (χ0v) is 11.5. The van der Waals surface area contributed by atoms with E-state index in [9.17, 15) is 14.0 Å². The average molecular weight is 305 g/mol. The van der Waals surface area contributed by atoms with Crippen LogP contribution in [0.25, 0.3) is 0 Å². The lowest BCUT2D eigenvalue weighted by Crippen LogP contribution is -2.49. The number of hydrogen-bond donors (Lipinski definition) is 2. The molecule has 2 N–H and O–H groups in total. The lowest BCUT2D eigenvalue weighted by atomic mass is 10.2. The molecule has 0 fully saturated rings. The van der Waals surface area contributed by atoms with E-state index in [0.29, 0.717) is 11.6 Å². The van der Waals surface area contributed by atoms with Gasteiger partial charge in [-0.05, 0) is 12.1 Å². The van der Waals surface area contributed by atoms with E-state index in [0.717, 1.165) is 6.07 Å². The van der Waals surface area contributed by atoms with E-state index in [-0.39, 0.29) is 18.2 Å². The van der Waals surface area contributed by atoms with Crippen LogP contribution in [0.1, 0.15) is 10.5 Å². The van der Waals surface area contributed by atoms with Crippen LogP contribution in [0.2, 0.25) is 0 Å². The summed E-state index contributed by atoms with van der Waals surface area (Å²) in [6.07, 6.45) is 1.54. The van der Waals surface area contributed by atoms with E-state index in [1.165, 1.54) is 18.1 Å². The summed E-state index contributed by atoms with van der Waals surface area (Å²) in [5, 5.41) is 7.99. The first-order chi connectivity index (χ1) is 10.6. The Labute approximate surface area is 124 Å². The van der Waals surface area contributed by atoms with Crippen LogP contribution >= 0.6 is 0 Å². The van der Waals surface area contributed by atoms with Gasteiger partial charge in [-0.3, -0.25) is 19.6 Å². The molecule has 114 valence electrons. The van der Waals surface area contributed by atoms with Gasteiger partial charge >= 0.3 is 0 Å². The monoisotopic (exact) mass is 305 g/mol. The maximum atomic E-state index is 12.8. The van der Waals surface area contributed by atoms with E-state index < -0.39 is 17.9 Å². The highest BCUT2D eigenvalue weighted by Crippen LogP contribution is 2.27. The van der Waals surface area contributed by atoms with Crippen LogP contribution in [-0.2, 0) is 4.79 Å². The molecule has 3 rings (SSSR count). The molecule has 0 aliphatic carbocycles. The van der Waals surface area contributed by atoms with E-state index >= 15 is 0 Å². The van der Waals surface area contributed by atoms with Gasteiger partial charge in [-0.1, -0.05) is 0 Å². The maximum Gasteiger partial charge on any atom is 0.272 e. The Balaban J connectivity index is 1.79. The molecule has 0 radical (unpaired) electrons. The minimum absolute atomic E-state index is 0.0550. The van der Waals surface area contributed by atoms with Gasteiger partial charge in [-0.25, -0.2) is 4.98 Å². The first-order valence-electron chi connectivity index (χ1n) is 6.43. The lowest BCUT2D eigenvalue weighted by Gasteiger charge is -2.19. The highest BCUT2D eigenvalue weighted by atomic mass is 19.1. The Morgan fingerprint density at radius 3 is 3.14 bits per heavy atom. The number of aromatic amines is 1. The van der Waals surface area contributed by atoms with E-state index in [1.807, 2.05) is 5.10 Å². The fourth-order valence-corrected chi connectivity index (χ4v) is 2.08. The van der Waals surface area contributed by atoms with Crippen LogP contribution in [0.3, 0.4) is 0 Å². The lowest BCUT2D eigenvalue weighted by molar-refractivity contribution is -0.120. The molecule has 2 aromatic heterocycles. The Morgan fingerprint density at radius 2 is 2.41 bits per heavy atom. The Bertz CT molecular complexity index is 732. The molecule has 0 bridgehead atoms. The number of carbonyl (C=O) groups is 2. The van der Waals surface area contributed by atoms with Gasteiger partial charge in [0.05, 0.1) is 0 Å². The normalized spacial score (nSPS) is 17.5. The van der Waals surface area contributed by atoms with Gasteiger partial charge in [-0.15, -0.1) is 0 Å². The number of pyridine rings is 1. The number of anilines is 1. The van der Waals surface area contributed by atoms with Crippen molar-refractivity contribution in [3.8, 4) is 5.75 Å². The smallest absolute Gasteiger partial charge is 0.272 e. The van der Waals surface area contributed by atoms with Crippen molar-refractivity contribution < 1.29 is 18.7 Å². The van der Waals surface area contributed by atoms with Gasteiger partial charge in [0.1, 0.15) is 12.6 Å². The molecule has 2 aromatic rings. The molecule has 8 nitrogen and oxygen atoms in total. The van der Waals surface area contributed by atoms with Gasteiger partial charge in [0, 0.05) is 19.3 Å². The topological polar surface area (TPSA) is 100 Å². The molecule has 9 heteroatoms. The molecule has 22 heavy (non-hydrogen) atoms. The summed E-state index contributed by atoms with van der Waals surface area (Å²) in [7, 11) is 1.54. The van der Waals surface area contributed by atoms with E-state index in [2.05, 4.69) is 15.4 Å². The third kappa shape index (κ3) is 2.48. The molecule has 1 atom stereocenters. The second kappa shape index (κ2) is 5.43.